The number of carbonyl (C=O) groups is 2. The van der Waals surface area contributed by atoms with E-state index in [1.54, 1.807) is 35.6 Å². The molecule has 0 N–H and O–H groups in total. The average Bonchev–Trinajstić information content (AvgIpc) is 3.55. The van der Waals surface area contributed by atoms with Gasteiger partial charge in [0.1, 0.15) is 23.5 Å². The number of imide groups is 1. The van der Waals surface area contributed by atoms with Gasteiger partial charge in [-0.1, -0.05) is 73.9 Å². The van der Waals surface area contributed by atoms with Crippen molar-refractivity contribution in [2.45, 2.75) is 44.8 Å². The summed E-state index contributed by atoms with van der Waals surface area (Å²) in [5.74, 6) is 0.161. The molecule has 1 saturated carbocycles. The number of carbonyl (C=O) groups excluding carboxylic acids is 2. The Balaban J connectivity index is 1.16. The third kappa shape index (κ3) is 4.99. The van der Waals surface area contributed by atoms with Gasteiger partial charge in [-0.25, -0.2) is 4.98 Å². The molecule has 4 aromatic rings. The van der Waals surface area contributed by atoms with Crippen LogP contribution in [0.3, 0.4) is 0 Å². The van der Waals surface area contributed by atoms with Crippen LogP contribution in [-0.4, -0.2) is 21.9 Å². The number of amides is 2. The van der Waals surface area contributed by atoms with Crippen LogP contribution in [0.25, 0.3) is 11.3 Å². The molecule has 7 heteroatoms. The molecule has 192 valence electrons. The lowest BCUT2D eigenvalue weighted by Gasteiger charge is -2.32. The predicted molar refractivity (Wildman–Crippen MR) is 146 cm³/mol. The topological polar surface area (TPSA) is 68.7 Å². The van der Waals surface area contributed by atoms with E-state index in [4.69, 9.17) is 14.6 Å². The molecule has 2 amide bonds. The van der Waals surface area contributed by atoms with Gasteiger partial charge in [-0.2, -0.15) is 0 Å². The van der Waals surface area contributed by atoms with Crippen molar-refractivity contribution in [2.75, 3.05) is 0 Å². The van der Waals surface area contributed by atoms with Gasteiger partial charge in [-0.3, -0.25) is 14.4 Å². The van der Waals surface area contributed by atoms with Crippen molar-refractivity contribution < 1.29 is 19.2 Å². The van der Waals surface area contributed by atoms with Crippen LogP contribution in [-0.2, 0) is 11.4 Å². The molecular formula is C31H28N2O4S. The molecule has 1 atom stereocenters. The Kier molecular flexibility index (Phi) is 7.03. The molecule has 1 aromatic heterocycles. The van der Waals surface area contributed by atoms with E-state index in [0.717, 1.165) is 58.3 Å². The number of thiazole rings is 1. The van der Waals surface area contributed by atoms with Crippen LogP contribution in [0.1, 0.15) is 69.5 Å². The van der Waals surface area contributed by atoms with E-state index in [2.05, 4.69) is 0 Å². The van der Waals surface area contributed by atoms with Crippen molar-refractivity contribution in [3.8, 4) is 17.0 Å². The normalized spacial score (nSPS) is 16.5. The summed E-state index contributed by atoms with van der Waals surface area (Å²) in [6, 6.07) is 24.8. The number of hydrogen-bond acceptors (Lipinski definition) is 6. The van der Waals surface area contributed by atoms with Crippen LogP contribution in [0.4, 0.5) is 0 Å². The molecule has 1 aliphatic carbocycles. The Morgan fingerprint density at radius 2 is 1.50 bits per heavy atom. The third-order valence-corrected chi connectivity index (χ3v) is 8.07. The zero-order valence-corrected chi connectivity index (χ0v) is 21.7. The van der Waals surface area contributed by atoms with Gasteiger partial charge in [-0.15, -0.1) is 16.4 Å². The number of benzene rings is 3. The number of nitrogens with zero attached hydrogens (tertiary/aromatic N) is 2. The molecule has 6 nitrogen and oxygen atoms in total. The van der Waals surface area contributed by atoms with Crippen LogP contribution >= 0.6 is 11.3 Å². The largest absolute Gasteiger partial charge is 0.486 e. The highest BCUT2D eigenvalue weighted by Crippen LogP contribution is 2.39. The quantitative estimate of drug-likeness (QED) is 0.227. The number of ether oxygens (including phenoxy) is 1. The van der Waals surface area contributed by atoms with E-state index < -0.39 is 11.8 Å². The number of fused-ring (bicyclic) bond motifs is 1. The highest BCUT2D eigenvalue weighted by atomic mass is 32.1. The first-order valence-electron chi connectivity index (χ1n) is 13.0. The second kappa shape index (κ2) is 10.9. The molecule has 38 heavy (non-hydrogen) atoms. The molecule has 1 aliphatic heterocycles. The summed E-state index contributed by atoms with van der Waals surface area (Å²) < 4.78 is 6.02. The molecule has 0 spiro atoms. The SMILES string of the molecule is O=C1c2ccccc2C(=O)N1OC(c1ccc(OCc2nc(-c3ccccc3)cs2)cc1)C1CCCCC1. The third-order valence-electron chi connectivity index (χ3n) is 7.25. The number of aromatic nitrogens is 1. The van der Waals surface area contributed by atoms with Crippen molar-refractivity contribution in [3.63, 3.8) is 0 Å². The molecule has 0 saturated heterocycles. The fourth-order valence-corrected chi connectivity index (χ4v) is 5.96. The monoisotopic (exact) mass is 524 g/mol. The number of hydroxylamine groups is 2. The van der Waals surface area contributed by atoms with Crippen LogP contribution in [0.15, 0.2) is 84.2 Å². The molecule has 0 radical (unpaired) electrons. The van der Waals surface area contributed by atoms with Crippen molar-refractivity contribution in [1.82, 2.24) is 10.0 Å². The first-order valence-corrected chi connectivity index (χ1v) is 13.9. The number of rotatable bonds is 8. The summed E-state index contributed by atoms with van der Waals surface area (Å²) in [4.78, 5) is 36.9. The molecular weight excluding hydrogens is 496 g/mol. The van der Waals surface area contributed by atoms with Crippen molar-refractivity contribution >= 4 is 23.2 Å². The van der Waals surface area contributed by atoms with Gasteiger partial charge >= 0.3 is 0 Å². The lowest BCUT2D eigenvalue weighted by atomic mass is 9.82. The van der Waals surface area contributed by atoms with E-state index in [1.807, 2.05) is 60.0 Å². The first kappa shape index (κ1) is 24.5. The van der Waals surface area contributed by atoms with Gasteiger partial charge < -0.3 is 4.74 Å². The lowest BCUT2D eigenvalue weighted by molar-refractivity contribution is -0.156. The van der Waals surface area contributed by atoms with Gasteiger partial charge in [0.15, 0.2) is 0 Å². The summed E-state index contributed by atoms with van der Waals surface area (Å²) in [7, 11) is 0. The van der Waals surface area contributed by atoms with Crippen molar-refractivity contribution in [2.24, 2.45) is 5.92 Å². The van der Waals surface area contributed by atoms with E-state index in [-0.39, 0.29) is 12.0 Å². The van der Waals surface area contributed by atoms with Crippen molar-refractivity contribution in [1.29, 1.82) is 0 Å². The van der Waals surface area contributed by atoms with E-state index in [1.165, 1.54) is 6.42 Å². The number of hydrogen-bond donors (Lipinski definition) is 0. The predicted octanol–water partition coefficient (Wildman–Crippen LogP) is 7.24. The maximum atomic E-state index is 13.0. The van der Waals surface area contributed by atoms with Gasteiger partial charge in [0.25, 0.3) is 11.8 Å². The molecule has 6 rings (SSSR count). The molecule has 1 fully saturated rings. The summed E-state index contributed by atoms with van der Waals surface area (Å²) in [6.07, 6.45) is 5.05. The van der Waals surface area contributed by atoms with Gasteiger partial charge in [-0.05, 0) is 48.6 Å². The van der Waals surface area contributed by atoms with Gasteiger partial charge in [0, 0.05) is 10.9 Å². The minimum atomic E-state index is -0.398. The Hall–Kier alpha value is -3.81. The lowest BCUT2D eigenvalue weighted by Crippen LogP contribution is -2.34. The second-order valence-electron chi connectivity index (χ2n) is 9.72. The fraction of sp³-hybridized carbons (Fsp3) is 0.258. The Labute approximate surface area is 225 Å². The zero-order chi connectivity index (χ0) is 25.9. The van der Waals surface area contributed by atoms with Gasteiger partial charge in [0.2, 0.25) is 0 Å². The summed E-state index contributed by atoms with van der Waals surface area (Å²) in [5.41, 5.74) is 3.75. The van der Waals surface area contributed by atoms with E-state index >= 15 is 0 Å². The summed E-state index contributed by atoms with van der Waals surface area (Å²) in [6.45, 7) is 0.383. The standard InChI is InChI=1S/C31H28N2O4S/c34-30-25-13-7-8-14-26(25)31(35)33(30)37-29(22-11-5-2-6-12-22)23-15-17-24(18-16-23)36-19-28-32-27(20-38-28)21-9-3-1-4-10-21/h1,3-4,7-10,13-18,20,22,29H,2,5-6,11-12,19H2. The second-order valence-corrected chi connectivity index (χ2v) is 10.7. The highest BCUT2D eigenvalue weighted by Gasteiger charge is 2.40. The average molecular weight is 525 g/mol. The minimum absolute atomic E-state index is 0.228. The Morgan fingerprint density at radius 1 is 0.842 bits per heavy atom. The Bertz CT molecular complexity index is 1390. The minimum Gasteiger partial charge on any atom is -0.486 e. The highest BCUT2D eigenvalue weighted by molar-refractivity contribution is 7.09. The maximum Gasteiger partial charge on any atom is 0.285 e. The summed E-state index contributed by atoms with van der Waals surface area (Å²) >= 11 is 1.58. The van der Waals surface area contributed by atoms with Crippen LogP contribution < -0.4 is 4.74 Å². The first-order chi connectivity index (χ1) is 18.7. The fourth-order valence-electron chi connectivity index (χ4n) is 5.25. The van der Waals surface area contributed by atoms with E-state index in [9.17, 15) is 9.59 Å². The van der Waals surface area contributed by atoms with Crippen molar-refractivity contribution in [3.05, 3.63) is 106 Å². The van der Waals surface area contributed by atoms with Crippen LogP contribution in [0.2, 0.25) is 0 Å². The molecule has 3 aromatic carbocycles. The van der Waals surface area contributed by atoms with E-state index in [0.29, 0.717) is 17.7 Å². The summed E-state index contributed by atoms with van der Waals surface area (Å²) in [5, 5.41) is 3.91. The zero-order valence-electron chi connectivity index (χ0n) is 20.9. The molecule has 1 unspecified atom stereocenters. The Morgan fingerprint density at radius 3 is 2.18 bits per heavy atom. The maximum absolute atomic E-state index is 13.0. The van der Waals surface area contributed by atoms with Crippen LogP contribution in [0.5, 0.6) is 5.75 Å². The molecule has 0 bridgehead atoms. The molecule has 2 aliphatic rings. The molecule has 2 heterocycles. The smallest absolute Gasteiger partial charge is 0.285 e. The van der Waals surface area contributed by atoms with Gasteiger partial charge in [0.05, 0.1) is 16.8 Å². The van der Waals surface area contributed by atoms with Crippen LogP contribution in [0, 0.1) is 5.92 Å².